The second-order valence-electron chi connectivity index (χ2n) is 8.45. The summed E-state index contributed by atoms with van der Waals surface area (Å²) in [7, 11) is 1.59. The zero-order valence-electron chi connectivity index (χ0n) is 18.7. The fourth-order valence-electron chi connectivity index (χ4n) is 3.61. The number of alkyl halides is 3. The number of hydrogen-bond acceptors (Lipinski definition) is 2. The van der Waals surface area contributed by atoms with Crippen LogP contribution in [0.25, 0.3) is 38.5 Å². The third kappa shape index (κ3) is 4.43. The van der Waals surface area contributed by atoms with Gasteiger partial charge in [-0.3, -0.25) is 4.68 Å². The van der Waals surface area contributed by atoms with Gasteiger partial charge in [0.2, 0.25) is 5.69 Å². The van der Waals surface area contributed by atoms with Gasteiger partial charge in [-0.2, -0.15) is 18.3 Å². The van der Waals surface area contributed by atoms with Crippen molar-refractivity contribution < 1.29 is 47.1 Å². The van der Waals surface area contributed by atoms with Crippen molar-refractivity contribution >= 4 is 16.7 Å². The maximum atomic E-state index is 14.3. The standard InChI is InChI=1S/C23H18F4N5.Na/c1-22(2,3)20-18(28-4)19(32(5)31-20)21-29-16-11-12(13-8-6-7-9-15(13)24)10-14(17(16)30-21)23(25,26)27;/h6-11H,1-3,5H3;/q-1;+1. The molecule has 0 radical (unpaired) electrons. The topological polar surface area (TPSA) is 49.2 Å². The van der Waals surface area contributed by atoms with Crippen LogP contribution in [-0.4, -0.2) is 14.8 Å². The Labute approximate surface area is 209 Å². The Kier molecular flexibility index (Phi) is 6.50. The van der Waals surface area contributed by atoms with Gasteiger partial charge in [-0.05, 0) is 40.0 Å². The molecule has 0 atom stereocenters. The fraction of sp³-hybridized carbons (Fsp3) is 0.261. The number of hydrogen-bond donors (Lipinski definition) is 0. The molecule has 0 saturated carbocycles. The normalized spacial score (nSPS) is 12.0. The molecule has 0 N–H and O–H groups in total. The van der Waals surface area contributed by atoms with E-state index in [4.69, 9.17) is 6.57 Å². The summed E-state index contributed by atoms with van der Waals surface area (Å²) in [6, 6.07) is 7.84. The molecule has 4 rings (SSSR count). The van der Waals surface area contributed by atoms with Gasteiger partial charge in [-0.1, -0.05) is 45.0 Å². The number of rotatable bonds is 2. The second-order valence-corrected chi connectivity index (χ2v) is 8.45. The number of aryl methyl sites for hydroxylation is 1. The number of halogens is 4. The van der Waals surface area contributed by atoms with Crippen molar-refractivity contribution in [1.29, 1.82) is 0 Å². The Morgan fingerprint density at radius 1 is 1.09 bits per heavy atom. The zero-order valence-corrected chi connectivity index (χ0v) is 20.7. The Balaban J connectivity index is 0.00000306. The molecule has 0 saturated heterocycles. The maximum Gasteiger partial charge on any atom is 1.00 e. The summed E-state index contributed by atoms with van der Waals surface area (Å²) in [5.41, 5.74) is -0.875. The first-order valence-corrected chi connectivity index (χ1v) is 9.67. The molecule has 33 heavy (non-hydrogen) atoms. The van der Waals surface area contributed by atoms with Crippen LogP contribution in [0.4, 0.5) is 23.2 Å². The molecule has 10 heteroatoms. The molecule has 0 spiro atoms. The van der Waals surface area contributed by atoms with Crippen LogP contribution in [0.2, 0.25) is 0 Å². The van der Waals surface area contributed by atoms with Crippen LogP contribution in [0.5, 0.6) is 0 Å². The van der Waals surface area contributed by atoms with E-state index in [9.17, 15) is 17.6 Å². The van der Waals surface area contributed by atoms with Gasteiger partial charge in [0.25, 0.3) is 0 Å². The van der Waals surface area contributed by atoms with Gasteiger partial charge < -0.3 is 9.97 Å². The number of imidazole rings is 1. The molecule has 0 unspecified atom stereocenters. The average Bonchev–Trinajstić information content (AvgIpc) is 3.26. The third-order valence-corrected chi connectivity index (χ3v) is 5.08. The van der Waals surface area contributed by atoms with Gasteiger partial charge in [-0.25, -0.2) is 9.24 Å². The smallest absolute Gasteiger partial charge is 0.435 e. The van der Waals surface area contributed by atoms with E-state index >= 15 is 0 Å². The van der Waals surface area contributed by atoms with Gasteiger partial charge in [0, 0.05) is 12.6 Å². The fourth-order valence-corrected chi connectivity index (χ4v) is 3.61. The molecule has 0 aliphatic rings. The molecule has 0 aliphatic carbocycles. The molecular weight excluding hydrogens is 445 g/mol. The quantitative estimate of drug-likeness (QED) is 0.261. The third-order valence-electron chi connectivity index (χ3n) is 5.08. The summed E-state index contributed by atoms with van der Waals surface area (Å²) in [6.07, 6.45) is -4.73. The Morgan fingerprint density at radius 3 is 2.33 bits per heavy atom. The molecule has 2 heterocycles. The molecule has 0 aliphatic heterocycles. The van der Waals surface area contributed by atoms with Crippen LogP contribution in [0.3, 0.4) is 0 Å². The molecule has 0 fully saturated rings. The number of nitrogens with zero attached hydrogens (tertiary/aromatic N) is 5. The summed E-state index contributed by atoms with van der Waals surface area (Å²) < 4.78 is 57.3. The number of fused-ring (bicyclic) bond motifs is 1. The van der Waals surface area contributed by atoms with E-state index in [1.54, 1.807) is 13.1 Å². The van der Waals surface area contributed by atoms with E-state index < -0.39 is 23.0 Å². The average molecular weight is 463 g/mol. The first-order valence-electron chi connectivity index (χ1n) is 9.67. The van der Waals surface area contributed by atoms with Gasteiger partial charge in [-0.15, -0.1) is 0 Å². The van der Waals surface area contributed by atoms with Crippen LogP contribution in [-0.2, 0) is 18.6 Å². The predicted molar refractivity (Wildman–Crippen MR) is 113 cm³/mol. The summed E-state index contributed by atoms with van der Waals surface area (Å²) in [5.74, 6) is -0.677. The van der Waals surface area contributed by atoms with Gasteiger partial charge in [0.15, 0.2) is 0 Å². The maximum absolute atomic E-state index is 14.3. The van der Waals surface area contributed by atoms with Crippen LogP contribution in [0.15, 0.2) is 36.4 Å². The van der Waals surface area contributed by atoms with E-state index in [-0.39, 0.29) is 68.9 Å². The van der Waals surface area contributed by atoms with E-state index in [0.29, 0.717) is 5.69 Å². The molecule has 2 aromatic carbocycles. The SMILES string of the molecule is [C-]#[N+]c1c(C(C)(C)C)nn(C)c1-c1nc2cc(-c3ccccc3F)cc(C(F)(F)F)c2[n-]1.[Na+]. The molecule has 0 amide bonds. The largest absolute Gasteiger partial charge is 1.00 e. The molecule has 0 bridgehead atoms. The summed E-state index contributed by atoms with van der Waals surface area (Å²) in [6.45, 7) is 13.3. The molecule has 164 valence electrons. The van der Waals surface area contributed by atoms with E-state index in [1.807, 2.05) is 20.8 Å². The van der Waals surface area contributed by atoms with E-state index in [0.717, 1.165) is 6.07 Å². The van der Waals surface area contributed by atoms with Gasteiger partial charge >= 0.3 is 35.7 Å². The van der Waals surface area contributed by atoms with Crippen molar-refractivity contribution in [1.82, 2.24) is 19.7 Å². The summed E-state index contributed by atoms with van der Waals surface area (Å²) in [5, 5.41) is 4.40. The minimum absolute atomic E-state index is 0. The van der Waals surface area contributed by atoms with Crippen LogP contribution < -0.4 is 34.5 Å². The van der Waals surface area contributed by atoms with Crippen molar-refractivity contribution in [2.45, 2.75) is 32.4 Å². The van der Waals surface area contributed by atoms with Crippen molar-refractivity contribution in [2.24, 2.45) is 7.05 Å². The number of benzene rings is 2. The molecule has 2 aromatic heterocycles. The number of aromatic nitrogens is 4. The first kappa shape index (κ1) is 25.0. The van der Waals surface area contributed by atoms with Crippen molar-refractivity contribution in [3.63, 3.8) is 0 Å². The van der Waals surface area contributed by atoms with Crippen molar-refractivity contribution in [3.05, 3.63) is 64.9 Å². The van der Waals surface area contributed by atoms with Crippen LogP contribution in [0.1, 0.15) is 32.0 Å². The van der Waals surface area contributed by atoms with Crippen LogP contribution in [0, 0.1) is 12.4 Å². The second kappa shape index (κ2) is 8.60. The van der Waals surface area contributed by atoms with Crippen LogP contribution >= 0.6 is 0 Å². The molecule has 4 aromatic rings. The van der Waals surface area contributed by atoms with E-state index in [2.05, 4.69) is 19.9 Å². The van der Waals surface area contributed by atoms with E-state index in [1.165, 1.54) is 28.9 Å². The minimum Gasteiger partial charge on any atom is -0.435 e. The first-order chi connectivity index (χ1) is 14.9. The van der Waals surface area contributed by atoms with Gasteiger partial charge in [0.05, 0.1) is 23.5 Å². The molecular formula is C23H18F4N5Na. The zero-order chi connectivity index (χ0) is 23.4. The minimum atomic E-state index is -4.73. The van der Waals surface area contributed by atoms with Crippen molar-refractivity contribution in [2.75, 3.05) is 0 Å². The Bertz CT molecular complexity index is 1390. The summed E-state index contributed by atoms with van der Waals surface area (Å²) >= 11 is 0. The van der Waals surface area contributed by atoms with Gasteiger partial charge in [0.1, 0.15) is 5.82 Å². The Morgan fingerprint density at radius 2 is 1.76 bits per heavy atom. The Hall–Kier alpha value is -2.67. The molecule has 5 nitrogen and oxygen atoms in total. The summed E-state index contributed by atoms with van der Waals surface area (Å²) in [4.78, 5) is 12.0. The van der Waals surface area contributed by atoms with Crippen molar-refractivity contribution in [3.8, 4) is 22.6 Å². The monoisotopic (exact) mass is 463 g/mol. The predicted octanol–water partition coefficient (Wildman–Crippen LogP) is 3.27.